The van der Waals surface area contributed by atoms with Crippen LogP contribution in [0.4, 0.5) is 15.4 Å². The Bertz CT molecular complexity index is 852. The van der Waals surface area contributed by atoms with Gasteiger partial charge in [-0.15, -0.1) is 0 Å². The van der Waals surface area contributed by atoms with Gasteiger partial charge in [0, 0.05) is 30.7 Å². The van der Waals surface area contributed by atoms with Crippen LogP contribution in [0.15, 0.2) is 24.4 Å². The number of ether oxygens (including phenoxy) is 1. The number of amides is 2. The summed E-state index contributed by atoms with van der Waals surface area (Å²) in [5.74, 6) is 0.784. The summed E-state index contributed by atoms with van der Waals surface area (Å²) >= 11 is 0. The molecule has 3 aliphatic rings. The van der Waals surface area contributed by atoms with Crippen LogP contribution in [0.2, 0.25) is 0 Å². The molecule has 32 heavy (non-hydrogen) atoms. The highest BCUT2D eigenvalue weighted by molar-refractivity contribution is 5.69. The number of aliphatic hydroxyl groups is 1. The first-order chi connectivity index (χ1) is 15.1. The molecule has 3 N–H and O–H groups in total. The Balaban J connectivity index is 1.69. The summed E-state index contributed by atoms with van der Waals surface area (Å²) in [6.45, 7) is 6.84. The number of carboxylic acid groups (broad SMARTS) is 1. The second kappa shape index (κ2) is 8.42. The lowest BCUT2D eigenvalue weighted by atomic mass is 9.61. The summed E-state index contributed by atoms with van der Waals surface area (Å²) in [6, 6.07) is 5.28. The molecule has 2 bridgehead atoms. The molecule has 9 heteroatoms. The van der Waals surface area contributed by atoms with Crippen molar-refractivity contribution in [1.82, 2.24) is 15.2 Å². The number of carbonyl (C=O) groups excluding carboxylic acids is 1. The average Bonchev–Trinajstić information content (AvgIpc) is 2.97. The number of aliphatic hydroxyl groups excluding tert-OH is 1. The van der Waals surface area contributed by atoms with Gasteiger partial charge in [0.25, 0.3) is 0 Å². The zero-order chi connectivity index (χ0) is 23.1. The Hall–Kier alpha value is -2.55. The van der Waals surface area contributed by atoms with Crippen molar-refractivity contribution in [1.29, 1.82) is 0 Å². The number of pyridine rings is 1. The number of nitrogens with one attached hydrogen (secondary N) is 1. The predicted octanol–water partition coefficient (Wildman–Crippen LogP) is 2.84. The molecule has 1 aromatic rings. The van der Waals surface area contributed by atoms with Crippen molar-refractivity contribution < 1.29 is 24.5 Å². The fourth-order valence-electron chi connectivity index (χ4n) is 6.38. The molecule has 1 aromatic heterocycles. The highest BCUT2D eigenvalue weighted by Crippen LogP contribution is 2.56. The molecule has 4 rings (SSSR count). The highest BCUT2D eigenvalue weighted by Gasteiger charge is 2.63. The number of piperidine rings is 2. The van der Waals surface area contributed by atoms with Crippen LogP contribution in [-0.4, -0.2) is 75.2 Å². The molecule has 5 atom stereocenters. The highest BCUT2D eigenvalue weighted by atomic mass is 16.6. The molecule has 5 unspecified atom stereocenters. The van der Waals surface area contributed by atoms with Crippen LogP contribution in [0.1, 0.15) is 52.9 Å². The minimum Gasteiger partial charge on any atom is -0.465 e. The number of fused-ring (bicyclic) bond motifs is 2. The van der Waals surface area contributed by atoms with E-state index < -0.39 is 29.2 Å². The van der Waals surface area contributed by atoms with Gasteiger partial charge in [-0.1, -0.05) is 13.0 Å². The maximum atomic E-state index is 12.4. The van der Waals surface area contributed by atoms with E-state index in [-0.39, 0.29) is 18.2 Å². The van der Waals surface area contributed by atoms with E-state index in [1.807, 2.05) is 18.2 Å². The van der Waals surface area contributed by atoms with Crippen molar-refractivity contribution in [3.05, 3.63) is 24.4 Å². The predicted molar refractivity (Wildman–Crippen MR) is 119 cm³/mol. The monoisotopic (exact) mass is 446 g/mol. The number of aromatic nitrogens is 1. The van der Waals surface area contributed by atoms with Gasteiger partial charge in [-0.3, -0.25) is 4.90 Å². The van der Waals surface area contributed by atoms with Gasteiger partial charge in [0.15, 0.2) is 0 Å². The van der Waals surface area contributed by atoms with Crippen molar-refractivity contribution >= 4 is 18.0 Å². The number of rotatable bonds is 4. The largest absolute Gasteiger partial charge is 0.465 e. The molecule has 3 fully saturated rings. The van der Waals surface area contributed by atoms with E-state index in [1.165, 1.54) is 0 Å². The fraction of sp³-hybridized carbons (Fsp3) is 0.696. The average molecular weight is 447 g/mol. The Morgan fingerprint density at radius 1 is 1.31 bits per heavy atom. The Morgan fingerprint density at radius 2 is 2.09 bits per heavy atom. The third-order valence-corrected chi connectivity index (χ3v) is 7.48. The Morgan fingerprint density at radius 3 is 2.75 bits per heavy atom. The smallest absolute Gasteiger partial charge is 0.408 e. The summed E-state index contributed by atoms with van der Waals surface area (Å²) in [6.07, 6.45) is 2.49. The molecule has 0 aromatic carbocycles. The zero-order valence-electron chi connectivity index (χ0n) is 19.0. The number of carbonyl (C=O) groups is 2. The molecular formula is C23H34N4O5. The molecule has 176 valence electrons. The summed E-state index contributed by atoms with van der Waals surface area (Å²) in [5, 5.41) is 23.8. The topological polar surface area (TPSA) is 115 Å². The maximum absolute atomic E-state index is 12.4. The van der Waals surface area contributed by atoms with Gasteiger partial charge in [0.1, 0.15) is 5.82 Å². The zero-order valence-corrected chi connectivity index (χ0v) is 19.0. The van der Waals surface area contributed by atoms with Gasteiger partial charge in [0.2, 0.25) is 0 Å². The first kappa shape index (κ1) is 22.6. The summed E-state index contributed by atoms with van der Waals surface area (Å²) < 4.78 is 5.31. The van der Waals surface area contributed by atoms with Crippen molar-refractivity contribution in [2.45, 2.75) is 82.7 Å². The Labute approximate surface area is 188 Å². The fourth-order valence-corrected chi connectivity index (χ4v) is 6.38. The van der Waals surface area contributed by atoms with E-state index in [2.05, 4.69) is 22.1 Å². The molecular weight excluding hydrogens is 412 g/mol. The molecule has 9 nitrogen and oxygen atoms in total. The Kier molecular flexibility index (Phi) is 5.96. The van der Waals surface area contributed by atoms with Gasteiger partial charge in [-0.05, 0) is 58.1 Å². The second-order valence-corrected chi connectivity index (χ2v) is 10.1. The minimum atomic E-state index is -0.931. The summed E-state index contributed by atoms with van der Waals surface area (Å²) in [7, 11) is 0. The van der Waals surface area contributed by atoms with Crippen molar-refractivity contribution in [3.63, 3.8) is 0 Å². The lowest BCUT2D eigenvalue weighted by molar-refractivity contribution is -0.0785. The van der Waals surface area contributed by atoms with Crippen LogP contribution < -0.4 is 10.2 Å². The van der Waals surface area contributed by atoms with E-state index in [0.717, 1.165) is 12.2 Å². The molecule has 0 spiro atoms. The van der Waals surface area contributed by atoms with Gasteiger partial charge in [-0.2, -0.15) is 0 Å². The van der Waals surface area contributed by atoms with E-state index in [4.69, 9.17) is 4.74 Å². The molecule has 2 amide bonds. The SMILES string of the molecule is CC(C)OC(=O)NC1CN(c2ccccn2)CC(C)(C23CCC(CC(O)C2)N3C(=O)O)C1. The van der Waals surface area contributed by atoms with E-state index in [9.17, 15) is 19.8 Å². The quantitative estimate of drug-likeness (QED) is 0.651. The summed E-state index contributed by atoms with van der Waals surface area (Å²) in [4.78, 5) is 33.0. The number of hydrogen-bond donors (Lipinski definition) is 3. The van der Waals surface area contributed by atoms with Gasteiger partial charge >= 0.3 is 12.2 Å². The van der Waals surface area contributed by atoms with Gasteiger partial charge in [-0.25, -0.2) is 14.6 Å². The third-order valence-electron chi connectivity index (χ3n) is 7.48. The normalized spacial score (nSPS) is 34.5. The number of anilines is 1. The number of hydrogen-bond acceptors (Lipinski definition) is 6. The number of alkyl carbamates (subject to hydrolysis) is 1. The van der Waals surface area contributed by atoms with E-state index in [1.54, 1.807) is 24.9 Å². The lowest BCUT2D eigenvalue weighted by Gasteiger charge is -2.59. The number of nitrogens with zero attached hydrogens (tertiary/aromatic N) is 3. The third kappa shape index (κ3) is 3.98. The first-order valence-corrected chi connectivity index (χ1v) is 11.5. The molecule has 0 radical (unpaired) electrons. The summed E-state index contributed by atoms with van der Waals surface area (Å²) in [5.41, 5.74) is -1.20. The van der Waals surface area contributed by atoms with Crippen molar-refractivity contribution in [2.24, 2.45) is 5.41 Å². The molecule has 3 aliphatic heterocycles. The van der Waals surface area contributed by atoms with Crippen LogP contribution in [0.3, 0.4) is 0 Å². The second-order valence-electron chi connectivity index (χ2n) is 10.1. The van der Waals surface area contributed by atoms with Crippen LogP contribution >= 0.6 is 0 Å². The molecule has 3 saturated heterocycles. The van der Waals surface area contributed by atoms with E-state index in [0.29, 0.717) is 38.8 Å². The van der Waals surface area contributed by atoms with Crippen LogP contribution in [-0.2, 0) is 4.74 Å². The maximum Gasteiger partial charge on any atom is 0.408 e. The van der Waals surface area contributed by atoms with Crippen molar-refractivity contribution in [3.8, 4) is 0 Å². The van der Waals surface area contributed by atoms with Crippen LogP contribution in [0.25, 0.3) is 0 Å². The minimum absolute atomic E-state index is 0.171. The molecule has 0 saturated carbocycles. The van der Waals surface area contributed by atoms with E-state index >= 15 is 0 Å². The van der Waals surface area contributed by atoms with Crippen molar-refractivity contribution in [2.75, 3.05) is 18.0 Å². The molecule has 4 heterocycles. The standard InChI is InChI=1S/C23H34N4O5/c1-15(2)32-20(29)25-16-11-22(3,14-26(13-16)19-6-4-5-9-24-19)23-8-7-17(10-18(28)12-23)27(23)21(30)31/h4-6,9,15-18,28H,7-8,10-14H2,1-3H3,(H,25,29)(H,30,31). The van der Waals surface area contributed by atoms with Gasteiger partial charge in [0.05, 0.1) is 23.8 Å². The first-order valence-electron chi connectivity index (χ1n) is 11.5. The van der Waals surface area contributed by atoms with Crippen LogP contribution in [0.5, 0.6) is 0 Å². The molecule has 0 aliphatic carbocycles. The van der Waals surface area contributed by atoms with Crippen LogP contribution in [0, 0.1) is 5.41 Å². The van der Waals surface area contributed by atoms with Gasteiger partial charge < -0.3 is 25.2 Å². The lowest BCUT2D eigenvalue weighted by Crippen LogP contribution is -2.69.